The number of carbonyl (C=O) groups is 2. The van der Waals surface area contributed by atoms with Crippen molar-refractivity contribution >= 4 is 40.6 Å². The minimum absolute atomic E-state index is 0.0168. The van der Waals surface area contributed by atoms with Crippen LogP contribution in [-0.2, 0) is 22.4 Å². The summed E-state index contributed by atoms with van der Waals surface area (Å²) in [7, 11) is 1.87. The Balaban J connectivity index is 1.30. The first-order valence-electron chi connectivity index (χ1n) is 14.5. The summed E-state index contributed by atoms with van der Waals surface area (Å²) in [5, 5.41) is 4.77. The molecule has 0 radical (unpaired) electrons. The summed E-state index contributed by atoms with van der Waals surface area (Å²) in [5.74, 6) is 0.658. The Morgan fingerprint density at radius 1 is 0.976 bits per heavy atom. The summed E-state index contributed by atoms with van der Waals surface area (Å²) in [6, 6.07) is 23.9. The number of rotatable bonds is 10. The van der Waals surface area contributed by atoms with Crippen LogP contribution in [0.5, 0.6) is 5.75 Å². The Kier molecular flexibility index (Phi) is 9.88. The van der Waals surface area contributed by atoms with Gasteiger partial charge in [0.1, 0.15) is 5.75 Å². The van der Waals surface area contributed by atoms with Crippen LogP contribution in [0.15, 0.2) is 78.4 Å². The summed E-state index contributed by atoms with van der Waals surface area (Å²) in [6.07, 6.45) is 3.16. The van der Waals surface area contributed by atoms with Crippen molar-refractivity contribution in [3.05, 3.63) is 105 Å². The average Bonchev–Trinajstić information content (AvgIpc) is 2.99. The van der Waals surface area contributed by atoms with E-state index in [1.807, 2.05) is 35.0 Å². The number of aryl methyl sites for hydroxylation is 1. The van der Waals surface area contributed by atoms with E-state index in [9.17, 15) is 9.59 Å². The number of nitrogens with zero attached hydrogens (tertiary/aromatic N) is 2. The van der Waals surface area contributed by atoms with Crippen LogP contribution in [0.1, 0.15) is 36.5 Å². The Labute approximate surface area is 258 Å². The fraction of sp³-hybridized carbons (Fsp3) is 0.353. The molecule has 0 spiro atoms. The van der Waals surface area contributed by atoms with Gasteiger partial charge in [-0.2, -0.15) is 0 Å². The van der Waals surface area contributed by atoms with Gasteiger partial charge in [0.05, 0.1) is 17.7 Å². The van der Waals surface area contributed by atoms with Gasteiger partial charge in [0.25, 0.3) is 5.91 Å². The zero-order valence-electron chi connectivity index (χ0n) is 24.1. The van der Waals surface area contributed by atoms with Gasteiger partial charge in [-0.25, -0.2) is 0 Å². The molecular formula is C34H37Cl2N3O3. The molecule has 2 bridgehead atoms. The van der Waals surface area contributed by atoms with E-state index < -0.39 is 0 Å². The van der Waals surface area contributed by atoms with Gasteiger partial charge < -0.3 is 19.9 Å². The second kappa shape index (κ2) is 13.8. The SMILES string of the molecule is CC(=O)N1C[C@H]2CC(c3ccc(CCCOc4cc(Cl)ccc4Cl)cc3)=C(C(=O)N(C)CCc3ccccc3)[C@@H](C1)N2. The number of amides is 2. The molecule has 2 amide bonds. The topological polar surface area (TPSA) is 61.9 Å². The van der Waals surface area contributed by atoms with Gasteiger partial charge in [-0.1, -0.05) is 77.8 Å². The monoisotopic (exact) mass is 605 g/mol. The number of hydrogen-bond donors (Lipinski definition) is 1. The molecule has 5 rings (SSSR count). The molecule has 0 aromatic heterocycles. The highest BCUT2D eigenvalue weighted by atomic mass is 35.5. The lowest BCUT2D eigenvalue weighted by molar-refractivity contribution is -0.132. The zero-order valence-corrected chi connectivity index (χ0v) is 25.6. The normalized spacial score (nSPS) is 18.1. The predicted octanol–water partition coefficient (Wildman–Crippen LogP) is 6.05. The molecule has 3 aromatic carbocycles. The number of nitrogens with one attached hydrogen (secondary N) is 1. The summed E-state index contributed by atoms with van der Waals surface area (Å²) in [5.41, 5.74) is 5.31. The molecule has 42 heavy (non-hydrogen) atoms. The van der Waals surface area contributed by atoms with E-state index in [1.54, 1.807) is 25.1 Å². The zero-order chi connectivity index (χ0) is 29.6. The average molecular weight is 607 g/mol. The van der Waals surface area contributed by atoms with Gasteiger partial charge in [0.2, 0.25) is 5.91 Å². The van der Waals surface area contributed by atoms with E-state index in [-0.39, 0.29) is 23.9 Å². The van der Waals surface area contributed by atoms with Crippen molar-refractivity contribution in [2.24, 2.45) is 0 Å². The van der Waals surface area contributed by atoms with Gasteiger partial charge in [-0.05, 0) is 60.1 Å². The number of piperazine rings is 1. The lowest BCUT2D eigenvalue weighted by atomic mass is 9.82. The lowest BCUT2D eigenvalue weighted by Crippen LogP contribution is -2.61. The number of likely N-dealkylation sites (N-methyl/N-ethyl adjacent to an activating group) is 1. The fourth-order valence-electron chi connectivity index (χ4n) is 5.79. The van der Waals surface area contributed by atoms with Crippen LogP contribution in [0.2, 0.25) is 10.0 Å². The first-order chi connectivity index (χ1) is 20.3. The van der Waals surface area contributed by atoms with Crippen molar-refractivity contribution in [3.63, 3.8) is 0 Å². The highest BCUT2D eigenvalue weighted by Gasteiger charge is 2.39. The summed E-state index contributed by atoms with van der Waals surface area (Å²) < 4.78 is 5.84. The highest BCUT2D eigenvalue weighted by molar-refractivity contribution is 6.34. The molecule has 1 fully saturated rings. The molecule has 1 N–H and O–H groups in total. The Bertz CT molecular complexity index is 1440. The molecule has 0 aliphatic carbocycles. The lowest BCUT2D eigenvalue weighted by Gasteiger charge is -2.44. The largest absolute Gasteiger partial charge is 0.492 e. The third-order valence-electron chi connectivity index (χ3n) is 8.07. The van der Waals surface area contributed by atoms with E-state index in [0.717, 1.165) is 36.0 Å². The van der Waals surface area contributed by atoms with Crippen molar-refractivity contribution in [2.45, 2.75) is 44.7 Å². The first kappa shape index (κ1) is 30.1. The number of benzene rings is 3. The van der Waals surface area contributed by atoms with E-state index in [1.165, 1.54) is 11.1 Å². The molecule has 0 unspecified atom stereocenters. The molecule has 3 aromatic rings. The van der Waals surface area contributed by atoms with Crippen LogP contribution in [0, 0.1) is 0 Å². The number of fused-ring (bicyclic) bond motifs is 2. The smallest absolute Gasteiger partial charge is 0.251 e. The minimum Gasteiger partial charge on any atom is -0.492 e. The highest BCUT2D eigenvalue weighted by Crippen LogP contribution is 2.34. The Morgan fingerprint density at radius 3 is 2.45 bits per heavy atom. The van der Waals surface area contributed by atoms with E-state index >= 15 is 0 Å². The van der Waals surface area contributed by atoms with Crippen molar-refractivity contribution < 1.29 is 14.3 Å². The van der Waals surface area contributed by atoms with E-state index in [0.29, 0.717) is 48.5 Å². The van der Waals surface area contributed by atoms with Crippen molar-refractivity contribution in [1.29, 1.82) is 0 Å². The molecule has 220 valence electrons. The molecule has 2 atom stereocenters. The minimum atomic E-state index is -0.196. The van der Waals surface area contributed by atoms with Crippen LogP contribution < -0.4 is 10.1 Å². The number of ether oxygens (including phenoxy) is 1. The van der Waals surface area contributed by atoms with Gasteiger partial charge in [-0.15, -0.1) is 0 Å². The van der Waals surface area contributed by atoms with Crippen LogP contribution in [0.3, 0.4) is 0 Å². The van der Waals surface area contributed by atoms with Crippen LogP contribution in [-0.4, -0.2) is 67.0 Å². The van der Waals surface area contributed by atoms with Gasteiger partial charge >= 0.3 is 0 Å². The molecule has 8 heteroatoms. The van der Waals surface area contributed by atoms with Gasteiger partial charge in [0, 0.05) is 56.3 Å². The molecule has 2 heterocycles. The van der Waals surface area contributed by atoms with E-state index in [4.69, 9.17) is 27.9 Å². The first-order valence-corrected chi connectivity index (χ1v) is 15.2. The number of carbonyl (C=O) groups excluding carboxylic acids is 2. The summed E-state index contributed by atoms with van der Waals surface area (Å²) >= 11 is 12.3. The second-order valence-corrected chi connectivity index (χ2v) is 12.0. The van der Waals surface area contributed by atoms with Crippen LogP contribution >= 0.6 is 23.2 Å². The Hall–Kier alpha value is -3.32. The van der Waals surface area contributed by atoms with Gasteiger partial charge in [-0.3, -0.25) is 9.59 Å². The third kappa shape index (κ3) is 7.35. The quantitative estimate of drug-likeness (QED) is 0.286. The Morgan fingerprint density at radius 2 is 1.71 bits per heavy atom. The maximum absolute atomic E-state index is 14.0. The molecule has 0 saturated carbocycles. The van der Waals surface area contributed by atoms with Gasteiger partial charge in [0.15, 0.2) is 0 Å². The van der Waals surface area contributed by atoms with Crippen molar-refractivity contribution in [2.75, 3.05) is 33.3 Å². The maximum atomic E-state index is 14.0. The second-order valence-electron chi connectivity index (χ2n) is 11.1. The molecule has 1 saturated heterocycles. The molecule has 6 nitrogen and oxygen atoms in total. The summed E-state index contributed by atoms with van der Waals surface area (Å²) in [4.78, 5) is 29.9. The van der Waals surface area contributed by atoms with E-state index in [2.05, 4.69) is 41.7 Å². The standard InChI is InChI=1S/C34H37Cl2N3O3/c1-23(40)39-21-28-20-29(33(31(22-39)37-28)34(41)38(2)17-16-24-7-4-3-5-8-24)26-12-10-25(11-13-26)9-6-18-42-32-19-27(35)14-15-30(32)36/h3-5,7-8,10-15,19,28,31,37H,6,9,16-18,20-22H2,1-2H3/t28-,31-/m1/s1. The van der Waals surface area contributed by atoms with Crippen LogP contribution in [0.25, 0.3) is 5.57 Å². The fourth-order valence-corrected chi connectivity index (χ4v) is 6.13. The van der Waals surface area contributed by atoms with Crippen molar-refractivity contribution in [3.8, 4) is 5.75 Å². The maximum Gasteiger partial charge on any atom is 0.251 e. The molecular weight excluding hydrogens is 569 g/mol. The van der Waals surface area contributed by atoms with Crippen molar-refractivity contribution in [1.82, 2.24) is 15.1 Å². The molecule has 2 aliphatic heterocycles. The third-order valence-corrected chi connectivity index (χ3v) is 8.62. The number of halogens is 2. The van der Waals surface area contributed by atoms with Crippen LogP contribution in [0.4, 0.5) is 0 Å². The summed E-state index contributed by atoms with van der Waals surface area (Å²) in [6.45, 7) is 3.90. The number of hydrogen-bond acceptors (Lipinski definition) is 4. The molecule has 2 aliphatic rings. The predicted molar refractivity (Wildman–Crippen MR) is 169 cm³/mol.